The predicted octanol–water partition coefficient (Wildman–Crippen LogP) is 7.07. The number of thiazole rings is 1. The molecule has 0 aliphatic heterocycles. The van der Waals surface area contributed by atoms with Crippen molar-refractivity contribution in [2.45, 2.75) is 0 Å². The van der Waals surface area contributed by atoms with E-state index in [1.54, 1.807) is 24.3 Å². The summed E-state index contributed by atoms with van der Waals surface area (Å²) in [6.07, 6.45) is 0. The van der Waals surface area contributed by atoms with Gasteiger partial charge in [0.05, 0.1) is 30.2 Å². The number of halogens is 2. The molecule has 9 heteroatoms. The first kappa shape index (κ1) is 21.5. The van der Waals surface area contributed by atoms with E-state index >= 15 is 0 Å². The molecule has 0 saturated heterocycles. The Morgan fingerprint density at radius 2 is 1.90 bits per heavy atom. The van der Waals surface area contributed by atoms with E-state index in [-0.39, 0.29) is 17.4 Å². The van der Waals surface area contributed by atoms with Gasteiger partial charge in [0.15, 0.2) is 5.78 Å². The van der Waals surface area contributed by atoms with Crippen molar-refractivity contribution in [1.82, 2.24) is 4.98 Å². The summed E-state index contributed by atoms with van der Waals surface area (Å²) in [7, 11) is 0. The lowest BCUT2D eigenvalue weighted by molar-refractivity contribution is 0.102. The van der Waals surface area contributed by atoms with Crippen LogP contribution in [0.5, 0.6) is 0 Å². The van der Waals surface area contributed by atoms with Gasteiger partial charge in [0, 0.05) is 5.69 Å². The molecule has 0 atom stereocenters. The number of benzene rings is 2. The molecular formula is C22H13ClFN3OS3. The van der Waals surface area contributed by atoms with Crippen molar-refractivity contribution in [3.8, 4) is 6.07 Å². The molecule has 0 spiro atoms. The molecule has 4 nitrogen and oxygen atoms in total. The third-order valence-electron chi connectivity index (χ3n) is 4.14. The Kier molecular flexibility index (Phi) is 6.68. The number of rotatable bonds is 7. The van der Waals surface area contributed by atoms with E-state index in [9.17, 15) is 14.4 Å². The molecule has 4 aromatic rings. The first-order chi connectivity index (χ1) is 15.0. The van der Waals surface area contributed by atoms with Gasteiger partial charge in [-0.2, -0.15) is 5.26 Å². The number of anilines is 1. The Morgan fingerprint density at radius 3 is 2.58 bits per heavy atom. The van der Waals surface area contributed by atoms with Crippen LogP contribution in [-0.4, -0.2) is 16.5 Å². The van der Waals surface area contributed by atoms with Crippen LogP contribution in [0, 0.1) is 17.1 Å². The number of aromatic nitrogens is 1. The van der Waals surface area contributed by atoms with Crippen LogP contribution in [0.15, 0.2) is 65.7 Å². The van der Waals surface area contributed by atoms with Crippen molar-refractivity contribution >= 4 is 73.3 Å². The number of nitriles is 1. The van der Waals surface area contributed by atoms with Crippen LogP contribution < -0.4 is 5.32 Å². The number of thioether (sulfide) groups is 1. The maximum atomic E-state index is 13.3. The lowest BCUT2D eigenvalue weighted by atomic mass is 10.3. The minimum absolute atomic E-state index is 0.0955. The maximum Gasteiger partial charge on any atom is 0.183 e. The molecule has 154 valence electrons. The molecule has 1 N–H and O–H groups in total. The monoisotopic (exact) mass is 485 g/mol. The zero-order chi connectivity index (χ0) is 21.8. The molecule has 0 bridgehead atoms. The third-order valence-corrected chi connectivity index (χ3v) is 7.47. The maximum absolute atomic E-state index is 13.3. The summed E-state index contributed by atoms with van der Waals surface area (Å²) in [4.78, 5) is 17.7. The highest BCUT2D eigenvalue weighted by molar-refractivity contribution is 8.04. The van der Waals surface area contributed by atoms with Gasteiger partial charge in [-0.25, -0.2) is 9.37 Å². The van der Waals surface area contributed by atoms with Crippen molar-refractivity contribution in [2.24, 2.45) is 0 Å². The standard InChI is InChI=1S/C22H13ClFN3OS3/c23-20-10-9-19(30-20)17(28)12-29-21(26-14-7-5-13(24)6-8-14)15(11-25)22-27-16-3-1-2-4-18(16)31-22/h1-10,26H,12H2/b21-15+. The molecule has 0 radical (unpaired) electrons. The molecule has 0 fully saturated rings. The highest BCUT2D eigenvalue weighted by Crippen LogP contribution is 2.34. The van der Waals surface area contributed by atoms with E-state index in [0.717, 1.165) is 10.2 Å². The van der Waals surface area contributed by atoms with Crippen molar-refractivity contribution in [3.63, 3.8) is 0 Å². The van der Waals surface area contributed by atoms with Crippen molar-refractivity contribution in [3.05, 3.63) is 85.7 Å². The number of fused-ring (bicyclic) bond motifs is 1. The Hall–Kier alpha value is -2.70. The Bertz CT molecular complexity index is 1290. The first-order valence-corrected chi connectivity index (χ1v) is 12.0. The van der Waals surface area contributed by atoms with Crippen molar-refractivity contribution < 1.29 is 9.18 Å². The topological polar surface area (TPSA) is 65.8 Å². The average Bonchev–Trinajstić information content (AvgIpc) is 3.40. The minimum Gasteiger partial charge on any atom is -0.349 e. The van der Waals surface area contributed by atoms with Crippen LogP contribution in [0.2, 0.25) is 4.34 Å². The summed E-state index contributed by atoms with van der Waals surface area (Å²) in [5, 5.41) is 14.1. The van der Waals surface area contributed by atoms with Crippen LogP contribution >= 0.6 is 46.0 Å². The van der Waals surface area contributed by atoms with Gasteiger partial charge in [0.1, 0.15) is 22.5 Å². The number of para-hydroxylation sites is 1. The summed E-state index contributed by atoms with van der Waals surface area (Å²) >= 11 is 9.76. The number of carbonyl (C=O) groups excluding carboxylic acids is 1. The van der Waals surface area contributed by atoms with Gasteiger partial charge in [0.2, 0.25) is 0 Å². The second-order valence-corrected chi connectivity index (χ2v) is 9.98. The largest absolute Gasteiger partial charge is 0.349 e. The van der Waals surface area contributed by atoms with Crippen LogP contribution in [0.1, 0.15) is 14.7 Å². The molecule has 31 heavy (non-hydrogen) atoms. The lowest BCUT2D eigenvalue weighted by Crippen LogP contribution is -2.05. The lowest BCUT2D eigenvalue weighted by Gasteiger charge is -2.12. The van der Waals surface area contributed by atoms with Crippen molar-refractivity contribution in [2.75, 3.05) is 11.1 Å². The third kappa shape index (κ3) is 5.14. The molecule has 0 aliphatic rings. The van der Waals surface area contributed by atoms with E-state index in [4.69, 9.17) is 11.6 Å². The van der Waals surface area contributed by atoms with E-state index in [1.807, 2.05) is 24.3 Å². The van der Waals surface area contributed by atoms with Gasteiger partial charge in [0.25, 0.3) is 0 Å². The number of hydrogen-bond donors (Lipinski definition) is 1. The van der Waals surface area contributed by atoms with Gasteiger partial charge >= 0.3 is 0 Å². The molecule has 0 saturated carbocycles. The summed E-state index contributed by atoms with van der Waals surface area (Å²) in [5.74, 6) is -0.349. The second kappa shape index (κ2) is 9.62. The Labute approximate surface area is 195 Å². The first-order valence-electron chi connectivity index (χ1n) is 8.98. The molecule has 0 unspecified atom stereocenters. The second-order valence-electron chi connectivity index (χ2n) is 6.25. The highest BCUT2D eigenvalue weighted by atomic mass is 35.5. The Morgan fingerprint density at radius 1 is 1.13 bits per heavy atom. The highest BCUT2D eigenvalue weighted by Gasteiger charge is 2.18. The summed E-state index contributed by atoms with van der Waals surface area (Å²) in [6, 6.07) is 19.0. The summed E-state index contributed by atoms with van der Waals surface area (Å²) in [5.41, 5.74) is 1.72. The predicted molar refractivity (Wildman–Crippen MR) is 128 cm³/mol. The van der Waals surface area contributed by atoms with E-state index in [0.29, 0.717) is 30.5 Å². The summed E-state index contributed by atoms with van der Waals surface area (Å²) < 4.78 is 14.8. The number of carbonyl (C=O) groups is 1. The summed E-state index contributed by atoms with van der Waals surface area (Å²) in [6.45, 7) is 0. The van der Waals surface area contributed by atoms with E-state index in [2.05, 4.69) is 16.4 Å². The normalized spacial score (nSPS) is 11.8. The van der Waals surface area contributed by atoms with Gasteiger partial charge in [-0.05, 0) is 48.5 Å². The van der Waals surface area contributed by atoms with Crippen LogP contribution in [0.3, 0.4) is 0 Å². The number of nitrogens with one attached hydrogen (secondary N) is 1. The zero-order valence-electron chi connectivity index (χ0n) is 15.8. The van der Waals surface area contributed by atoms with E-state index in [1.165, 1.54) is 46.6 Å². The van der Waals surface area contributed by atoms with E-state index < -0.39 is 0 Å². The molecule has 0 amide bonds. The fourth-order valence-corrected chi connectivity index (χ4v) is 5.69. The number of Topliss-reactive ketones (excluding diaryl/α,β-unsaturated/α-hetero) is 1. The van der Waals surface area contributed by atoms with Gasteiger partial charge in [-0.3, -0.25) is 4.79 Å². The van der Waals surface area contributed by atoms with Crippen molar-refractivity contribution in [1.29, 1.82) is 5.26 Å². The molecule has 2 aromatic carbocycles. The number of thiophene rings is 1. The fourth-order valence-electron chi connectivity index (χ4n) is 2.68. The van der Waals surface area contributed by atoms with Gasteiger partial charge in [-0.1, -0.05) is 35.5 Å². The number of ketones is 1. The molecule has 2 aromatic heterocycles. The van der Waals surface area contributed by atoms with Crippen LogP contribution in [0.25, 0.3) is 15.8 Å². The minimum atomic E-state index is -0.361. The smallest absolute Gasteiger partial charge is 0.183 e. The number of allylic oxidation sites excluding steroid dienone is 1. The fraction of sp³-hybridized carbons (Fsp3) is 0.0455. The van der Waals surface area contributed by atoms with Gasteiger partial charge in [-0.15, -0.1) is 22.7 Å². The molecular weight excluding hydrogens is 473 g/mol. The number of nitrogens with zero attached hydrogens (tertiary/aromatic N) is 2. The molecule has 2 heterocycles. The quantitative estimate of drug-likeness (QED) is 0.224. The zero-order valence-corrected chi connectivity index (χ0v) is 19.0. The van der Waals surface area contributed by atoms with Crippen LogP contribution in [-0.2, 0) is 0 Å². The Balaban J connectivity index is 1.69. The van der Waals surface area contributed by atoms with Gasteiger partial charge < -0.3 is 5.32 Å². The average molecular weight is 486 g/mol. The molecule has 4 rings (SSSR count). The molecule has 0 aliphatic carbocycles. The number of hydrogen-bond acceptors (Lipinski definition) is 7. The SMILES string of the molecule is N#C/C(=C(/Nc1ccc(F)cc1)SCC(=O)c1ccc(Cl)s1)c1nc2ccccc2s1. The van der Waals surface area contributed by atoms with Crippen LogP contribution in [0.4, 0.5) is 10.1 Å².